The number of methoxy groups -OCH3 is 2. The molecule has 1 saturated heterocycles. The summed E-state index contributed by atoms with van der Waals surface area (Å²) in [6, 6.07) is 15.4. The molecule has 1 fully saturated rings. The van der Waals surface area contributed by atoms with E-state index >= 15 is 0 Å². The first-order valence-corrected chi connectivity index (χ1v) is 12.0. The normalized spacial score (nSPS) is 17.2. The Morgan fingerprint density at radius 3 is 2.22 bits per heavy atom. The van der Waals surface area contributed by atoms with Crippen molar-refractivity contribution in [2.75, 3.05) is 19.1 Å². The number of phenolic OH excluding ortho intramolecular Hbond substituents is 1. The summed E-state index contributed by atoms with van der Waals surface area (Å²) in [5, 5.41) is 22.4. The number of hydrogen-bond acceptors (Lipinski definition) is 6. The average molecular weight is 522 g/mol. The Kier molecular flexibility index (Phi) is 6.93. The van der Waals surface area contributed by atoms with Crippen LogP contribution in [0.2, 0.25) is 5.02 Å². The first kappa shape index (κ1) is 26.1. The molecule has 1 heterocycles. The number of carbonyl (C=O) groups excluding carboxylic acids is 2. The lowest BCUT2D eigenvalue weighted by Gasteiger charge is -2.27. The predicted octanol–water partition coefficient (Wildman–Crippen LogP) is 5.99. The molecule has 3 aromatic rings. The molecule has 1 atom stereocenters. The summed E-state index contributed by atoms with van der Waals surface area (Å²) in [4.78, 5) is 28.1. The molecule has 1 aliphatic heterocycles. The summed E-state index contributed by atoms with van der Waals surface area (Å²) >= 11 is 6.19. The topological polar surface area (TPSA) is 96.3 Å². The van der Waals surface area contributed by atoms with E-state index in [1.54, 1.807) is 12.1 Å². The summed E-state index contributed by atoms with van der Waals surface area (Å²) in [7, 11) is 2.91. The molecule has 0 aliphatic carbocycles. The van der Waals surface area contributed by atoms with Crippen molar-refractivity contribution >= 4 is 34.7 Å². The van der Waals surface area contributed by atoms with E-state index in [0.29, 0.717) is 11.3 Å². The molecule has 1 amide bonds. The van der Waals surface area contributed by atoms with Crippen LogP contribution in [0.15, 0.2) is 66.2 Å². The number of amides is 1. The Hall–Kier alpha value is -3.97. The number of halogens is 1. The number of aliphatic hydroxyl groups is 1. The Morgan fingerprint density at radius 2 is 1.62 bits per heavy atom. The number of ether oxygens (including phenoxy) is 2. The SMILES string of the molecule is COc1ccc(OC)c(/C(O)=C2\C(=O)C(=O)N(c3cc(Cl)ccc3O)C2c2ccc(C(C)(C)C)cc2)c1. The van der Waals surface area contributed by atoms with E-state index < -0.39 is 23.5 Å². The standard InChI is InChI=1S/C29H28ClNO6/c1-29(2,3)17-8-6-16(7-9-17)25-24(26(33)20-15-19(36-4)11-13-23(20)37-5)27(34)28(35)31(25)21-14-18(30)10-12-22(21)32/h6-15,25,32-33H,1-5H3/b26-24+. The lowest BCUT2D eigenvalue weighted by molar-refractivity contribution is -0.132. The van der Waals surface area contributed by atoms with Gasteiger partial charge in [-0.05, 0) is 52.9 Å². The maximum absolute atomic E-state index is 13.5. The molecule has 7 nitrogen and oxygen atoms in total. The van der Waals surface area contributed by atoms with Gasteiger partial charge in [0.05, 0.1) is 37.1 Å². The zero-order chi connectivity index (χ0) is 27.1. The van der Waals surface area contributed by atoms with Crippen molar-refractivity contribution in [1.29, 1.82) is 0 Å². The summed E-state index contributed by atoms with van der Waals surface area (Å²) in [5.74, 6) is -1.77. The molecule has 1 aliphatic rings. The zero-order valence-corrected chi connectivity index (χ0v) is 22.0. The molecule has 0 spiro atoms. The third-order valence-electron chi connectivity index (χ3n) is 6.40. The number of ketones is 1. The molecule has 37 heavy (non-hydrogen) atoms. The maximum atomic E-state index is 13.5. The lowest BCUT2D eigenvalue weighted by atomic mass is 9.85. The molecular formula is C29H28ClNO6. The number of aromatic hydroxyl groups is 1. The van der Waals surface area contributed by atoms with Gasteiger partial charge in [-0.15, -0.1) is 0 Å². The van der Waals surface area contributed by atoms with Crippen molar-refractivity contribution in [1.82, 2.24) is 0 Å². The molecule has 0 radical (unpaired) electrons. The van der Waals surface area contributed by atoms with Crippen LogP contribution in [-0.2, 0) is 15.0 Å². The molecule has 8 heteroatoms. The van der Waals surface area contributed by atoms with Gasteiger partial charge in [-0.25, -0.2) is 0 Å². The van der Waals surface area contributed by atoms with Crippen LogP contribution < -0.4 is 14.4 Å². The highest BCUT2D eigenvalue weighted by atomic mass is 35.5. The van der Waals surface area contributed by atoms with Gasteiger partial charge in [0.15, 0.2) is 0 Å². The van der Waals surface area contributed by atoms with Gasteiger partial charge in [-0.3, -0.25) is 14.5 Å². The molecule has 4 rings (SSSR count). The maximum Gasteiger partial charge on any atom is 0.300 e. The number of nitrogens with zero attached hydrogens (tertiary/aromatic N) is 1. The second-order valence-electron chi connectivity index (χ2n) is 9.74. The first-order chi connectivity index (χ1) is 17.5. The third kappa shape index (κ3) is 4.74. The number of benzene rings is 3. The lowest BCUT2D eigenvalue weighted by Crippen LogP contribution is -2.29. The highest BCUT2D eigenvalue weighted by Crippen LogP contribution is 2.46. The summed E-state index contributed by atoms with van der Waals surface area (Å²) in [6.45, 7) is 6.23. The van der Waals surface area contributed by atoms with E-state index in [0.717, 1.165) is 10.5 Å². The summed E-state index contributed by atoms with van der Waals surface area (Å²) in [5.41, 5.74) is 1.57. The van der Waals surface area contributed by atoms with Crippen LogP contribution in [-0.4, -0.2) is 36.1 Å². The second-order valence-corrected chi connectivity index (χ2v) is 10.2. The van der Waals surface area contributed by atoms with Crippen LogP contribution in [0.1, 0.15) is 43.5 Å². The Balaban J connectivity index is 2.00. The Bertz CT molecular complexity index is 1400. The van der Waals surface area contributed by atoms with E-state index in [1.165, 1.54) is 38.5 Å². The van der Waals surface area contributed by atoms with Crippen LogP contribution in [0.4, 0.5) is 5.69 Å². The molecule has 192 valence electrons. The molecule has 3 aromatic carbocycles. The minimum absolute atomic E-state index is 0.0520. The van der Waals surface area contributed by atoms with E-state index in [1.807, 2.05) is 24.3 Å². The highest BCUT2D eigenvalue weighted by Gasteiger charge is 2.48. The van der Waals surface area contributed by atoms with Crippen molar-refractivity contribution in [3.8, 4) is 17.2 Å². The molecule has 2 N–H and O–H groups in total. The number of hydrogen-bond donors (Lipinski definition) is 2. The van der Waals surface area contributed by atoms with Crippen molar-refractivity contribution in [3.05, 3.63) is 87.9 Å². The van der Waals surface area contributed by atoms with Crippen molar-refractivity contribution in [2.24, 2.45) is 0 Å². The Labute approximate surface area is 220 Å². The van der Waals surface area contributed by atoms with Crippen molar-refractivity contribution in [3.63, 3.8) is 0 Å². The van der Waals surface area contributed by atoms with Crippen LogP contribution in [0.3, 0.4) is 0 Å². The van der Waals surface area contributed by atoms with Gasteiger partial charge in [0.1, 0.15) is 23.0 Å². The number of phenols is 1. The zero-order valence-electron chi connectivity index (χ0n) is 21.2. The third-order valence-corrected chi connectivity index (χ3v) is 6.63. The minimum atomic E-state index is -1.05. The highest BCUT2D eigenvalue weighted by molar-refractivity contribution is 6.52. The van der Waals surface area contributed by atoms with E-state index in [9.17, 15) is 19.8 Å². The fourth-order valence-corrected chi connectivity index (χ4v) is 4.56. The molecular weight excluding hydrogens is 494 g/mol. The number of Topliss-reactive ketones (excluding diaryl/α,β-unsaturated/α-hetero) is 1. The van der Waals surface area contributed by atoms with Gasteiger partial charge in [-0.1, -0.05) is 56.6 Å². The minimum Gasteiger partial charge on any atom is -0.507 e. The number of anilines is 1. The van der Waals surface area contributed by atoms with Gasteiger partial charge >= 0.3 is 0 Å². The molecule has 1 unspecified atom stereocenters. The largest absolute Gasteiger partial charge is 0.507 e. The molecule has 0 bridgehead atoms. The van der Waals surface area contributed by atoms with Gasteiger partial charge < -0.3 is 19.7 Å². The second kappa shape index (κ2) is 9.82. The van der Waals surface area contributed by atoms with E-state index in [-0.39, 0.29) is 38.8 Å². The van der Waals surface area contributed by atoms with Crippen LogP contribution in [0.5, 0.6) is 17.2 Å². The van der Waals surface area contributed by atoms with Crippen molar-refractivity contribution in [2.45, 2.75) is 32.2 Å². The molecule has 0 saturated carbocycles. The van der Waals surface area contributed by atoms with Crippen LogP contribution >= 0.6 is 11.6 Å². The number of carbonyl (C=O) groups is 2. The smallest absolute Gasteiger partial charge is 0.300 e. The van der Waals surface area contributed by atoms with Crippen LogP contribution in [0.25, 0.3) is 5.76 Å². The van der Waals surface area contributed by atoms with Crippen LogP contribution in [0, 0.1) is 0 Å². The van der Waals surface area contributed by atoms with Gasteiger partial charge in [0, 0.05) is 5.02 Å². The predicted molar refractivity (Wildman–Crippen MR) is 143 cm³/mol. The first-order valence-electron chi connectivity index (χ1n) is 11.6. The average Bonchev–Trinajstić information content (AvgIpc) is 3.14. The quantitative estimate of drug-likeness (QED) is 0.243. The van der Waals surface area contributed by atoms with Gasteiger partial charge in [0.2, 0.25) is 0 Å². The monoisotopic (exact) mass is 521 g/mol. The van der Waals surface area contributed by atoms with Gasteiger partial charge in [-0.2, -0.15) is 0 Å². The number of aliphatic hydroxyl groups excluding tert-OH is 1. The van der Waals surface area contributed by atoms with E-state index in [2.05, 4.69) is 20.8 Å². The van der Waals surface area contributed by atoms with Gasteiger partial charge in [0.25, 0.3) is 11.7 Å². The summed E-state index contributed by atoms with van der Waals surface area (Å²) < 4.78 is 10.7. The molecule has 0 aromatic heterocycles. The van der Waals surface area contributed by atoms with Crippen molar-refractivity contribution < 1.29 is 29.3 Å². The van der Waals surface area contributed by atoms with E-state index in [4.69, 9.17) is 21.1 Å². The Morgan fingerprint density at radius 1 is 0.946 bits per heavy atom. The summed E-state index contributed by atoms with van der Waals surface area (Å²) in [6.07, 6.45) is 0. The number of rotatable bonds is 5. The fraction of sp³-hybridized carbons (Fsp3) is 0.241. The fourth-order valence-electron chi connectivity index (χ4n) is 4.40.